The predicted molar refractivity (Wildman–Crippen MR) is 63.8 cm³/mol. The maximum absolute atomic E-state index is 11.4. The Hall–Kier alpha value is -2.61. The number of carbonyl (C=O) groups excluding carboxylic acids is 1. The van der Waals surface area contributed by atoms with Crippen LogP contribution < -0.4 is 5.32 Å². The van der Waals surface area contributed by atoms with Crippen LogP contribution in [0.5, 0.6) is 0 Å². The summed E-state index contributed by atoms with van der Waals surface area (Å²) >= 11 is 0. The zero-order valence-electron chi connectivity index (χ0n) is 9.19. The molecule has 2 rings (SSSR count). The Labute approximate surface area is 97.8 Å². The number of rotatable bonds is 2. The molecule has 1 amide bonds. The van der Waals surface area contributed by atoms with Crippen LogP contribution in [0.1, 0.15) is 5.56 Å². The van der Waals surface area contributed by atoms with Crippen molar-refractivity contribution in [2.24, 2.45) is 0 Å². The van der Waals surface area contributed by atoms with E-state index < -0.39 is 5.91 Å². The van der Waals surface area contributed by atoms with Crippen LogP contribution in [0, 0.1) is 11.3 Å². The zero-order valence-corrected chi connectivity index (χ0v) is 9.19. The predicted octanol–water partition coefficient (Wildman–Crippen LogP) is 1.22. The van der Waals surface area contributed by atoms with Crippen LogP contribution in [-0.2, 0) is 4.79 Å². The first kappa shape index (κ1) is 10.9. The van der Waals surface area contributed by atoms with Gasteiger partial charge in [0.1, 0.15) is 17.3 Å². The fourth-order valence-electron chi connectivity index (χ4n) is 1.54. The molecule has 0 atom stereocenters. The molecule has 2 aromatic heterocycles. The SMILES string of the molecule is CNC(=O)/C(C#N)=C/c1c[nH]c2ncccc12. The van der Waals surface area contributed by atoms with Gasteiger partial charge in [0, 0.05) is 30.4 Å². The molecule has 5 nitrogen and oxygen atoms in total. The minimum atomic E-state index is -0.397. The minimum absolute atomic E-state index is 0.0669. The number of likely N-dealkylation sites (N-methyl/N-ethyl adjacent to an activating group) is 1. The van der Waals surface area contributed by atoms with Crippen LogP contribution in [0.3, 0.4) is 0 Å². The van der Waals surface area contributed by atoms with Gasteiger partial charge in [0.2, 0.25) is 0 Å². The summed E-state index contributed by atoms with van der Waals surface area (Å²) in [6.07, 6.45) is 4.94. The second kappa shape index (κ2) is 4.49. The van der Waals surface area contributed by atoms with Gasteiger partial charge in [-0.2, -0.15) is 5.26 Å². The molecular formula is C12H10N4O. The highest BCUT2D eigenvalue weighted by atomic mass is 16.1. The summed E-state index contributed by atoms with van der Waals surface area (Å²) in [5.41, 5.74) is 1.57. The normalized spacial score (nSPS) is 11.2. The lowest BCUT2D eigenvalue weighted by Crippen LogP contribution is -2.19. The summed E-state index contributed by atoms with van der Waals surface area (Å²) < 4.78 is 0. The van der Waals surface area contributed by atoms with Gasteiger partial charge in [-0.15, -0.1) is 0 Å². The fourth-order valence-corrected chi connectivity index (χ4v) is 1.54. The largest absolute Gasteiger partial charge is 0.354 e. The lowest BCUT2D eigenvalue weighted by atomic mass is 10.1. The van der Waals surface area contributed by atoms with Crippen molar-refractivity contribution in [3.8, 4) is 6.07 Å². The Morgan fingerprint density at radius 1 is 1.65 bits per heavy atom. The number of hydrogen-bond donors (Lipinski definition) is 2. The number of nitrogens with one attached hydrogen (secondary N) is 2. The molecule has 0 unspecified atom stereocenters. The Kier molecular flexibility index (Phi) is 2.88. The third kappa shape index (κ3) is 2.01. The molecule has 0 bridgehead atoms. The monoisotopic (exact) mass is 226 g/mol. The van der Waals surface area contributed by atoms with Gasteiger partial charge in [-0.3, -0.25) is 4.79 Å². The first-order valence-electron chi connectivity index (χ1n) is 5.02. The molecule has 84 valence electrons. The van der Waals surface area contributed by atoms with Gasteiger partial charge in [0.15, 0.2) is 0 Å². The van der Waals surface area contributed by atoms with E-state index in [0.717, 1.165) is 16.6 Å². The second-order valence-electron chi connectivity index (χ2n) is 3.39. The van der Waals surface area contributed by atoms with Crippen LogP contribution in [-0.4, -0.2) is 22.9 Å². The number of aromatic nitrogens is 2. The smallest absolute Gasteiger partial charge is 0.261 e. The van der Waals surface area contributed by atoms with E-state index in [1.165, 1.54) is 7.05 Å². The van der Waals surface area contributed by atoms with Crippen molar-refractivity contribution in [3.05, 3.63) is 35.7 Å². The van der Waals surface area contributed by atoms with E-state index in [1.54, 1.807) is 24.5 Å². The summed E-state index contributed by atoms with van der Waals surface area (Å²) in [6.45, 7) is 0. The summed E-state index contributed by atoms with van der Waals surface area (Å²) in [6, 6.07) is 5.55. The number of fused-ring (bicyclic) bond motifs is 1. The van der Waals surface area contributed by atoms with Crippen LogP contribution in [0.4, 0.5) is 0 Å². The highest BCUT2D eigenvalue weighted by molar-refractivity contribution is 6.03. The van der Waals surface area contributed by atoms with Crippen molar-refractivity contribution >= 4 is 23.0 Å². The summed E-state index contributed by atoms with van der Waals surface area (Å²) in [5.74, 6) is -0.397. The van der Waals surface area contributed by atoms with Crippen LogP contribution in [0.15, 0.2) is 30.1 Å². The quantitative estimate of drug-likeness (QED) is 0.596. The van der Waals surface area contributed by atoms with Gasteiger partial charge in [-0.05, 0) is 18.2 Å². The van der Waals surface area contributed by atoms with Gasteiger partial charge in [0.05, 0.1) is 0 Å². The first-order chi connectivity index (χ1) is 8.26. The number of H-pyrrole nitrogens is 1. The number of nitrogens with zero attached hydrogens (tertiary/aromatic N) is 2. The van der Waals surface area contributed by atoms with E-state index in [2.05, 4.69) is 15.3 Å². The highest BCUT2D eigenvalue weighted by Crippen LogP contribution is 2.18. The van der Waals surface area contributed by atoms with E-state index in [-0.39, 0.29) is 5.57 Å². The van der Waals surface area contributed by atoms with Gasteiger partial charge >= 0.3 is 0 Å². The van der Waals surface area contributed by atoms with Crippen molar-refractivity contribution < 1.29 is 4.79 Å². The molecular weight excluding hydrogens is 216 g/mol. The van der Waals surface area contributed by atoms with Crippen molar-refractivity contribution in [1.82, 2.24) is 15.3 Å². The molecule has 17 heavy (non-hydrogen) atoms. The lowest BCUT2D eigenvalue weighted by Gasteiger charge is -1.96. The average molecular weight is 226 g/mol. The highest BCUT2D eigenvalue weighted by Gasteiger charge is 2.08. The molecule has 0 radical (unpaired) electrons. The molecule has 0 saturated carbocycles. The number of amides is 1. The number of carbonyl (C=O) groups is 1. The van der Waals surface area contributed by atoms with E-state index in [0.29, 0.717) is 0 Å². The number of hydrogen-bond acceptors (Lipinski definition) is 3. The van der Waals surface area contributed by atoms with Crippen molar-refractivity contribution in [2.75, 3.05) is 7.05 Å². The van der Waals surface area contributed by atoms with E-state index in [1.807, 2.05) is 12.1 Å². The van der Waals surface area contributed by atoms with Crippen molar-refractivity contribution in [1.29, 1.82) is 5.26 Å². The molecule has 0 aromatic carbocycles. The molecule has 2 heterocycles. The van der Waals surface area contributed by atoms with Crippen molar-refractivity contribution in [3.63, 3.8) is 0 Å². The average Bonchev–Trinajstić information content (AvgIpc) is 2.78. The van der Waals surface area contributed by atoms with Gasteiger partial charge in [0.25, 0.3) is 5.91 Å². The zero-order chi connectivity index (χ0) is 12.3. The minimum Gasteiger partial charge on any atom is -0.354 e. The Bertz CT molecular complexity index is 633. The molecule has 0 aliphatic heterocycles. The van der Waals surface area contributed by atoms with Crippen LogP contribution >= 0.6 is 0 Å². The number of aromatic amines is 1. The third-order valence-electron chi connectivity index (χ3n) is 2.38. The molecule has 0 spiro atoms. The van der Waals surface area contributed by atoms with Crippen LogP contribution in [0.25, 0.3) is 17.1 Å². The van der Waals surface area contributed by atoms with Gasteiger partial charge < -0.3 is 10.3 Å². The van der Waals surface area contributed by atoms with E-state index in [4.69, 9.17) is 5.26 Å². The first-order valence-corrected chi connectivity index (χ1v) is 5.02. The number of pyridine rings is 1. The molecule has 2 aromatic rings. The second-order valence-corrected chi connectivity index (χ2v) is 3.39. The molecule has 0 saturated heterocycles. The summed E-state index contributed by atoms with van der Waals surface area (Å²) in [7, 11) is 1.49. The maximum Gasteiger partial charge on any atom is 0.261 e. The maximum atomic E-state index is 11.4. The van der Waals surface area contributed by atoms with E-state index >= 15 is 0 Å². The van der Waals surface area contributed by atoms with Crippen LogP contribution in [0.2, 0.25) is 0 Å². The third-order valence-corrected chi connectivity index (χ3v) is 2.38. The summed E-state index contributed by atoms with van der Waals surface area (Å²) in [4.78, 5) is 18.5. The molecule has 0 fully saturated rings. The number of nitriles is 1. The Morgan fingerprint density at radius 2 is 2.47 bits per heavy atom. The van der Waals surface area contributed by atoms with Gasteiger partial charge in [-0.25, -0.2) is 4.98 Å². The molecule has 5 heteroatoms. The molecule has 0 aliphatic rings. The topological polar surface area (TPSA) is 81.6 Å². The lowest BCUT2D eigenvalue weighted by molar-refractivity contribution is -0.116. The summed E-state index contributed by atoms with van der Waals surface area (Å²) in [5, 5.41) is 12.2. The Balaban J connectivity index is 2.51. The molecule has 0 aliphatic carbocycles. The van der Waals surface area contributed by atoms with E-state index in [9.17, 15) is 4.79 Å². The fraction of sp³-hybridized carbons (Fsp3) is 0.0833. The molecule has 2 N–H and O–H groups in total. The van der Waals surface area contributed by atoms with Gasteiger partial charge in [-0.1, -0.05) is 0 Å². The standard InChI is InChI=1S/C12H10N4O/c1-14-12(17)8(6-13)5-9-7-16-11-10(9)3-2-4-15-11/h2-5,7H,1H3,(H,14,17)(H,15,16)/b8-5+. The van der Waals surface area contributed by atoms with Crippen molar-refractivity contribution in [2.45, 2.75) is 0 Å². The Morgan fingerprint density at radius 3 is 3.18 bits per heavy atom.